The number of nitrogens with two attached hydrogens (primary N) is 1. The average molecular weight is 279 g/mol. The fraction of sp³-hybridized carbons (Fsp3) is 0.167. The summed E-state index contributed by atoms with van der Waals surface area (Å²) in [5.41, 5.74) is 3.36. The highest BCUT2D eigenvalue weighted by molar-refractivity contribution is 7.11. The Morgan fingerprint density at radius 3 is 3.00 bits per heavy atom. The Labute approximate surface area is 113 Å². The Hall–Kier alpha value is -1.96. The smallest absolute Gasteiger partial charge is 0.294 e. The van der Waals surface area contributed by atoms with E-state index in [0.29, 0.717) is 17.0 Å². The maximum Gasteiger partial charge on any atom is 0.294 e. The number of nitrogens with zero attached hydrogens (tertiary/aromatic N) is 1. The molecule has 0 aliphatic heterocycles. The van der Waals surface area contributed by atoms with Crippen molar-refractivity contribution >= 4 is 17.2 Å². The van der Waals surface area contributed by atoms with Crippen LogP contribution in [-0.4, -0.2) is 16.0 Å². The van der Waals surface area contributed by atoms with Crippen LogP contribution < -0.4 is 16.0 Å². The molecule has 4 N–H and O–H groups in total. The number of hydrogen-bond donors (Lipinski definition) is 3. The van der Waals surface area contributed by atoms with Crippen LogP contribution in [0, 0.1) is 0 Å². The van der Waals surface area contributed by atoms with E-state index in [1.54, 1.807) is 17.5 Å². The first kappa shape index (κ1) is 13.5. The minimum absolute atomic E-state index is 0.0892. The Morgan fingerprint density at radius 2 is 2.26 bits per heavy atom. The molecule has 7 heteroatoms. The molecule has 0 saturated carbocycles. The first-order valence-corrected chi connectivity index (χ1v) is 6.39. The van der Waals surface area contributed by atoms with Crippen molar-refractivity contribution in [3.63, 3.8) is 0 Å². The van der Waals surface area contributed by atoms with Crippen molar-refractivity contribution in [3.8, 4) is 5.75 Å². The molecule has 100 valence electrons. The molecule has 0 aliphatic rings. The van der Waals surface area contributed by atoms with E-state index < -0.39 is 5.91 Å². The number of thiazole rings is 1. The topological polar surface area (TPSA) is 97.5 Å². The Balaban J connectivity index is 2.02. The Morgan fingerprint density at radius 1 is 1.47 bits per heavy atom. The van der Waals surface area contributed by atoms with Crippen LogP contribution in [0.4, 0.5) is 0 Å². The van der Waals surface area contributed by atoms with Gasteiger partial charge in [0.2, 0.25) is 0 Å². The van der Waals surface area contributed by atoms with Crippen LogP contribution in [0.15, 0.2) is 29.6 Å². The van der Waals surface area contributed by atoms with Gasteiger partial charge in [-0.15, -0.1) is 11.3 Å². The lowest BCUT2D eigenvalue weighted by molar-refractivity contribution is 0.0953. The number of carbonyl (C=O) groups is 1. The van der Waals surface area contributed by atoms with E-state index in [9.17, 15) is 4.79 Å². The predicted molar refractivity (Wildman–Crippen MR) is 70.5 cm³/mol. The zero-order valence-corrected chi connectivity index (χ0v) is 10.8. The van der Waals surface area contributed by atoms with Gasteiger partial charge in [0, 0.05) is 10.9 Å². The largest absolute Gasteiger partial charge is 0.487 e. The van der Waals surface area contributed by atoms with Gasteiger partial charge >= 0.3 is 0 Å². The Bertz CT molecular complexity index is 571. The van der Waals surface area contributed by atoms with Gasteiger partial charge in [-0.1, -0.05) is 18.2 Å². The maximum atomic E-state index is 11.2. The number of nitrogens with one attached hydrogen (secondary N) is 1. The molecule has 19 heavy (non-hydrogen) atoms. The fourth-order valence-electron chi connectivity index (χ4n) is 1.47. The maximum absolute atomic E-state index is 11.2. The summed E-state index contributed by atoms with van der Waals surface area (Å²) in [7, 11) is 0. The molecule has 1 aromatic heterocycles. The van der Waals surface area contributed by atoms with E-state index in [4.69, 9.17) is 15.7 Å². The number of benzene rings is 1. The summed E-state index contributed by atoms with van der Waals surface area (Å²) in [5, 5.41) is 11.2. The number of ether oxygens (including phenoxy) is 1. The van der Waals surface area contributed by atoms with Crippen LogP contribution in [0.25, 0.3) is 0 Å². The number of carbonyl (C=O) groups excluding carboxylic acids is 1. The standard InChI is InChI=1S/C12H13N3O3S/c13-15-11(17)12-14-9(7-19-12)6-18-10-4-2-1-3-8(10)5-16/h1-4,7,16H,5-6,13H2,(H,15,17). The van der Waals surface area contributed by atoms with Crippen LogP contribution in [0.2, 0.25) is 0 Å². The summed E-state index contributed by atoms with van der Waals surface area (Å²) < 4.78 is 5.56. The first-order valence-electron chi connectivity index (χ1n) is 5.51. The normalized spacial score (nSPS) is 10.2. The minimum atomic E-state index is -0.424. The van der Waals surface area contributed by atoms with Crippen LogP contribution in [-0.2, 0) is 13.2 Å². The molecule has 0 bridgehead atoms. The molecule has 0 saturated heterocycles. The van der Waals surface area contributed by atoms with Crippen molar-refractivity contribution in [2.24, 2.45) is 5.84 Å². The summed E-state index contributed by atoms with van der Waals surface area (Å²) in [6.07, 6.45) is 0. The monoisotopic (exact) mass is 279 g/mol. The number of aliphatic hydroxyl groups is 1. The van der Waals surface area contributed by atoms with Gasteiger partial charge in [0.05, 0.1) is 12.3 Å². The third-order valence-electron chi connectivity index (χ3n) is 2.40. The van der Waals surface area contributed by atoms with Gasteiger partial charge < -0.3 is 9.84 Å². The first-order chi connectivity index (χ1) is 9.24. The quantitative estimate of drug-likeness (QED) is 0.427. The SMILES string of the molecule is NNC(=O)c1nc(COc2ccccc2CO)cs1. The molecule has 0 aliphatic carbocycles. The van der Waals surface area contributed by atoms with E-state index in [1.165, 1.54) is 11.3 Å². The van der Waals surface area contributed by atoms with Gasteiger partial charge in [-0.05, 0) is 6.07 Å². The van der Waals surface area contributed by atoms with E-state index in [0.717, 1.165) is 0 Å². The molecule has 0 unspecified atom stereocenters. The van der Waals surface area contributed by atoms with E-state index >= 15 is 0 Å². The lowest BCUT2D eigenvalue weighted by atomic mass is 10.2. The zero-order valence-electron chi connectivity index (χ0n) is 10.00. The lowest BCUT2D eigenvalue weighted by Crippen LogP contribution is -2.29. The highest BCUT2D eigenvalue weighted by atomic mass is 32.1. The minimum Gasteiger partial charge on any atom is -0.487 e. The second kappa shape index (κ2) is 6.28. The fourth-order valence-corrected chi connectivity index (χ4v) is 2.17. The van der Waals surface area contributed by atoms with Crippen molar-refractivity contribution in [3.05, 3.63) is 45.9 Å². The molecule has 1 amide bonds. The molecule has 0 atom stereocenters. The molecule has 6 nitrogen and oxygen atoms in total. The number of aliphatic hydroxyl groups excluding tert-OH is 1. The number of nitrogen functional groups attached to an aromatic ring is 1. The van der Waals surface area contributed by atoms with Gasteiger partial charge in [0.25, 0.3) is 5.91 Å². The summed E-state index contributed by atoms with van der Waals surface area (Å²) in [6, 6.07) is 7.20. The molecule has 1 aromatic carbocycles. The van der Waals surface area contributed by atoms with Gasteiger partial charge in [0.1, 0.15) is 12.4 Å². The van der Waals surface area contributed by atoms with Gasteiger partial charge in [-0.2, -0.15) is 0 Å². The number of amides is 1. The molecule has 2 rings (SSSR count). The summed E-state index contributed by atoms with van der Waals surface area (Å²) in [4.78, 5) is 15.3. The van der Waals surface area contributed by atoms with Crippen molar-refractivity contribution in [2.75, 3.05) is 0 Å². The number of rotatable bonds is 5. The second-order valence-electron chi connectivity index (χ2n) is 3.67. The van der Waals surface area contributed by atoms with Crippen LogP contribution in [0.3, 0.4) is 0 Å². The van der Waals surface area contributed by atoms with Gasteiger partial charge in [-0.25, -0.2) is 10.8 Å². The molecule has 0 spiro atoms. The molecule has 2 aromatic rings. The van der Waals surface area contributed by atoms with Crippen molar-refractivity contribution in [1.82, 2.24) is 10.4 Å². The third-order valence-corrected chi connectivity index (χ3v) is 3.29. The highest BCUT2D eigenvalue weighted by Crippen LogP contribution is 2.19. The third kappa shape index (κ3) is 3.28. The lowest BCUT2D eigenvalue weighted by Gasteiger charge is -2.08. The predicted octanol–water partition coefficient (Wildman–Crippen LogP) is 0.818. The van der Waals surface area contributed by atoms with Crippen molar-refractivity contribution in [2.45, 2.75) is 13.2 Å². The summed E-state index contributed by atoms with van der Waals surface area (Å²) in [5.74, 6) is 5.20. The molecule has 0 radical (unpaired) electrons. The highest BCUT2D eigenvalue weighted by Gasteiger charge is 2.10. The number of hydrogen-bond acceptors (Lipinski definition) is 6. The van der Waals surface area contributed by atoms with Gasteiger partial charge in [0.15, 0.2) is 5.01 Å². The number of hydrazine groups is 1. The van der Waals surface area contributed by atoms with Crippen LogP contribution >= 0.6 is 11.3 Å². The van der Waals surface area contributed by atoms with E-state index in [2.05, 4.69) is 4.98 Å². The average Bonchev–Trinajstić information content (AvgIpc) is 2.93. The molecule has 0 fully saturated rings. The van der Waals surface area contributed by atoms with E-state index in [1.807, 2.05) is 17.6 Å². The van der Waals surface area contributed by atoms with Crippen molar-refractivity contribution in [1.29, 1.82) is 0 Å². The second-order valence-corrected chi connectivity index (χ2v) is 4.53. The molecule has 1 heterocycles. The summed E-state index contributed by atoms with van der Waals surface area (Å²) in [6.45, 7) is 0.138. The number of aromatic nitrogens is 1. The molecular formula is C12H13N3O3S. The van der Waals surface area contributed by atoms with Gasteiger partial charge in [-0.3, -0.25) is 10.2 Å². The van der Waals surface area contributed by atoms with Crippen LogP contribution in [0.1, 0.15) is 21.1 Å². The molecular weight excluding hydrogens is 266 g/mol. The Kier molecular flexibility index (Phi) is 4.45. The summed E-state index contributed by atoms with van der Waals surface area (Å²) >= 11 is 1.19. The van der Waals surface area contributed by atoms with Crippen LogP contribution in [0.5, 0.6) is 5.75 Å². The number of para-hydroxylation sites is 1. The van der Waals surface area contributed by atoms with E-state index in [-0.39, 0.29) is 18.2 Å². The zero-order chi connectivity index (χ0) is 13.7. The van der Waals surface area contributed by atoms with Crippen molar-refractivity contribution < 1.29 is 14.6 Å².